The Hall–Kier alpha value is -1.39. The molecule has 1 aromatic carbocycles. The van der Waals surface area contributed by atoms with Crippen LogP contribution < -0.4 is 10.1 Å². The van der Waals surface area contributed by atoms with E-state index in [0.29, 0.717) is 0 Å². The van der Waals surface area contributed by atoms with Crippen LogP contribution in [-0.2, 0) is 6.42 Å². The molecule has 108 valence electrons. The Morgan fingerprint density at radius 2 is 2.10 bits per heavy atom. The SMILES string of the molecule is CCc1nc(C(NC)c2ccc(OC)c(C)c2)sc1C. The Morgan fingerprint density at radius 1 is 1.35 bits per heavy atom. The van der Waals surface area contributed by atoms with Crippen LogP contribution in [-0.4, -0.2) is 19.1 Å². The zero-order valence-corrected chi connectivity index (χ0v) is 13.6. The highest BCUT2D eigenvalue weighted by atomic mass is 32.1. The lowest BCUT2D eigenvalue weighted by Gasteiger charge is -2.15. The van der Waals surface area contributed by atoms with Gasteiger partial charge in [-0.2, -0.15) is 0 Å². The van der Waals surface area contributed by atoms with Crippen molar-refractivity contribution in [2.24, 2.45) is 0 Å². The summed E-state index contributed by atoms with van der Waals surface area (Å²) in [5, 5.41) is 4.50. The minimum atomic E-state index is 0.142. The quantitative estimate of drug-likeness (QED) is 0.913. The van der Waals surface area contributed by atoms with Crippen molar-refractivity contribution in [1.82, 2.24) is 10.3 Å². The molecule has 0 spiro atoms. The van der Waals surface area contributed by atoms with Gasteiger partial charge in [0.2, 0.25) is 0 Å². The molecule has 2 aromatic rings. The van der Waals surface area contributed by atoms with Crippen LogP contribution in [0.5, 0.6) is 5.75 Å². The average Bonchev–Trinajstić information content (AvgIpc) is 2.81. The summed E-state index contributed by atoms with van der Waals surface area (Å²) in [5.41, 5.74) is 3.58. The summed E-state index contributed by atoms with van der Waals surface area (Å²) in [4.78, 5) is 6.09. The minimum absolute atomic E-state index is 0.142. The summed E-state index contributed by atoms with van der Waals surface area (Å²) in [5.74, 6) is 0.924. The number of methoxy groups -OCH3 is 1. The van der Waals surface area contributed by atoms with E-state index in [1.165, 1.54) is 16.1 Å². The van der Waals surface area contributed by atoms with Gasteiger partial charge in [-0.05, 0) is 44.5 Å². The number of thiazole rings is 1. The molecule has 0 aliphatic carbocycles. The van der Waals surface area contributed by atoms with Crippen molar-refractivity contribution in [3.63, 3.8) is 0 Å². The van der Waals surface area contributed by atoms with Crippen molar-refractivity contribution in [3.05, 3.63) is 44.9 Å². The van der Waals surface area contributed by atoms with Crippen LogP contribution in [0.3, 0.4) is 0 Å². The van der Waals surface area contributed by atoms with Crippen LogP contribution in [0, 0.1) is 13.8 Å². The molecule has 0 amide bonds. The number of aryl methyl sites for hydroxylation is 3. The van der Waals surface area contributed by atoms with Gasteiger partial charge in [0.25, 0.3) is 0 Å². The number of rotatable bonds is 5. The number of hydrogen-bond acceptors (Lipinski definition) is 4. The Kier molecular flexibility index (Phi) is 4.78. The van der Waals surface area contributed by atoms with Gasteiger partial charge in [-0.15, -0.1) is 11.3 Å². The molecule has 0 aliphatic heterocycles. The molecule has 0 aliphatic rings. The standard InChI is InChI=1S/C16H22N2OS/c1-6-13-11(3)20-16(18-13)15(17-4)12-7-8-14(19-5)10(2)9-12/h7-9,15,17H,6H2,1-5H3. The van der Waals surface area contributed by atoms with E-state index in [0.717, 1.165) is 22.7 Å². The van der Waals surface area contributed by atoms with E-state index in [2.05, 4.69) is 38.2 Å². The van der Waals surface area contributed by atoms with Gasteiger partial charge >= 0.3 is 0 Å². The van der Waals surface area contributed by atoms with Gasteiger partial charge in [-0.25, -0.2) is 4.98 Å². The molecule has 1 atom stereocenters. The van der Waals surface area contributed by atoms with Crippen LogP contribution in [0.2, 0.25) is 0 Å². The lowest BCUT2D eigenvalue weighted by atomic mass is 10.0. The number of nitrogens with one attached hydrogen (secondary N) is 1. The molecule has 0 bridgehead atoms. The molecular weight excluding hydrogens is 268 g/mol. The third-order valence-corrected chi connectivity index (χ3v) is 4.61. The zero-order chi connectivity index (χ0) is 14.7. The number of hydrogen-bond donors (Lipinski definition) is 1. The van der Waals surface area contributed by atoms with E-state index < -0.39 is 0 Å². The number of benzene rings is 1. The molecule has 0 radical (unpaired) electrons. The van der Waals surface area contributed by atoms with Gasteiger partial charge < -0.3 is 10.1 Å². The smallest absolute Gasteiger partial charge is 0.121 e. The van der Waals surface area contributed by atoms with Crippen molar-refractivity contribution in [3.8, 4) is 5.75 Å². The maximum absolute atomic E-state index is 5.33. The fraction of sp³-hybridized carbons (Fsp3) is 0.438. The Bertz CT molecular complexity index is 592. The molecule has 1 N–H and O–H groups in total. The molecule has 0 saturated heterocycles. The average molecular weight is 290 g/mol. The number of aromatic nitrogens is 1. The fourth-order valence-corrected chi connectivity index (χ4v) is 3.56. The van der Waals surface area contributed by atoms with Gasteiger partial charge in [0.1, 0.15) is 10.8 Å². The first-order valence-electron chi connectivity index (χ1n) is 6.88. The Balaban J connectivity index is 2.38. The highest BCUT2D eigenvalue weighted by Crippen LogP contribution is 2.30. The molecule has 0 saturated carbocycles. The minimum Gasteiger partial charge on any atom is -0.496 e. The number of nitrogens with zero attached hydrogens (tertiary/aromatic N) is 1. The van der Waals surface area contributed by atoms with E-state index in [9.17, 15) is 0 Å². The second-order valence-electron chi connectivity index (χ2n) is 4.86. The fourth-order valence-electron chi connectivity index (χ4n) is 2.42. The summed E-state index contributed by atoms with van der Waals surface area (Å²) < 4.78 is 5.33. The molecule has 1 unspecified atom stereocenters. The molecule has 1 aromatic heterocycles. The molecule has 0 fully saturated rings. The predicted octanol–water partition coefficient (Wildman–Crippen LogP) is 3.64. The maximum atomic E-state index is 5.33. The van der Waals surface area contributed by atoms with Crippen LogP contribution in [0.15, 0.2) is 18.2 Å². The van der Waals surface area contributed by atoms with E-state index >= 15 is 0 Å². The molecular formula is C16H22N2OS. The molecule has 2 rings (SSSR count). The Labute approximate surface area is 125 Å². The van der Waals surface area contributed by atoms with E-state index in [-0.39, 0.29) is 6.04 Å². The first-order chi connectivity index (χ1) is 9.60. The third kappa shape index (κ3) is 2.86. The Morgan fingerprint density at radius 3 is 2.60 bits per heavy atom. The van der Waals surface area contributed by atoms with Gasteiger partial charge in [-0.1, -0.05) is 19.1 Å². The van der Waals surface area contributed by atoms with Crippen LogP contribution in [0.25, 0.3) is 0 Å². The highest BCUT2D eigenvalue weighted by Gasteiger charge is 2.18. The summed E-state index contributed by atoms with van der Waals surface area (Å²) in [6, 6.07) is 6.44. The summed E-state index contributed by atoms with van der Waals surface area (Å²) in [6.45, 7) is 6.36. The van der Waals surface area contributed by atoms with Crippen LogP contribution >= 0.6 is 11.3 Å². The molecule has 20 heavy (non-hydrogen) atoms. The van der Waals surface area contributed by atoms with E-state index in [4.69, 9.17) is 9.72 Å². The van der Waals surface area contributed by atoms with Crippen LogP contribution in [0.1, 0.15) is 39.7 Å². The lowest BCUT2D eigenvalue weighted by molar-refractivity contribution is 0.411. The van der Waals surface area contributed by atoms with Crippen molar-refractivity contribution < 1.29 is 4.74 Å². The molecule has 3 nitrogen and oxygen atoms in total. The van der Waals surface area contributed by atoms with E-state index in [1.807, 2.05) is 13.1 Å². The third-order valence-electron chi connectivity index (χ3n) is 3.53. The topological polar surface area (TPSA) is 34.2 Å². The molecule has 1 heterocycles. The predicted molar refractivity (Wildman–Crippen MR) is 84.9 cm³/mol. The van der Waals surface area contributed by atoms with Gasteiger partial charge in [0.05, 0.1) is 18.8 Å². The van der Waals surface area contributed by atoms with Crippen LogP contribution in [0.4, 0.5) is 0 Å². The maximum Gasteiger partial charge on any atom is 0.121 e. The monoisotopic (exact) mass is 290 g/mol. The van der Waals surface area contributed by atoms with Crippen molar-refractivity contribution in [2.75, 3.05) is 14.2 Å². The van der Waals surface area contributed by atoms with Crippen molar-refractivity contribution in [2.45, 2.75) is 33.2 Å². The first-order valence-corrected chi connectivity index (χ1v) is 7.70. The number of ether oxygens (including phenoxy) is 1. The van der Waals surface area contributed by atoms with Gasteiger partial charge in [0.15, 0.2) is 0 Å². The normalized spacial score (nSPS) is 12.4. The van der Waals surface area contributed by atoms with Crippen molar-refractivity contribution >= 4 is 11.3 Å². The van der Waals surface area contributed by atoms with Gasteiger partial charge in [0, 0.05) is 4.88 Å². The first kappa shape index (κ1) is 15.0. The van der Waals surface area contributed by atoms with Gasteiger partial charge in [-0.3, -0.25) is 0 Å². The second-order valence-corrected chi connectivity index (χ2v) is 6.09. The van der Waals surface area contributed by atoms with E-state index in [1.54, 1.807) is 18.4 Å². The summed E-state index contributed by atoms with van der Waals surface area (Å²) >= 11 is 1.78. The largest absolute Gasteiger partial charge is 0.496 e. The zero-order valence-electron chi connectivity index (χ0n) is 12.8. The highest BCUT2D eigenvalue weighted by molar-refractivity contribution is 7.11. The summed E-state index contributed by atoms with van der Waals surface area (Å²) in [6.07, 6.45) is 0.987. The lowest BCUT2D eigenvalue weighted by Crippen LogP contribution is -2.17. The second kappa shape index (κ2) is 6.37. The summed E-state index contributed by atoms with van der Waals surface area (Å²) in [7, 11) is 3.68. The molecule has 4 heteroatoms. The van der Waals surface area contributed by atoms with Crippen molar-refractivity contribution in [1.29, 1.82) is 0 Å².